The number of nitro groups is 1. The van der Waals surface area contributed by atoms with Gasteiger partial charge >= 0.3 is 11.9 Å². The first-order valence-corrected chi connectivity index (χ1v) is 15.6. The molecule has 10 nitrogen and oxygen atoms in total. The van der Waals surface area contributed by atoms with Gasteiger partial charge in [0, 0.05) is 35.9 Å². The topological polar surface area (TPSA) is 135 Å². The van der Waals surface area contributed by atoms with E-state index in [0.717, 1.165) is 38.8 Å². The molecule has 0 spiro atoms. The molecule has 2 aromatic carbocycles. The van der Waals surface area contributed by atoms with Gasteiger partial charge in [0.15, 0.2) is 0 Å². The van der Waals surface area contributed by atoms with Gasteiger partial charge in [0.1, 0.15) is 0 Å². The highest BCUT2D eigenvalue weighted by molar-refractivity contribution is 5.99. The average molecular weight is 627 g/mol. The van der Waals surface area contributed by atoms with E-state index in [1.807, 2.05) is 19.2 Å². The Morgan fingerprint density at radius 3 is 2.37 bits per heavy atom. The second-order valence-electron chi connectivity index (χ2n) is 11.9. The van der Waals surface area contributed by atoms with Crippen LogP contribution in [0.15, 0.2) is 95.6 Å². The van der Waals surface area contributed by atoms with Crippen molar-refractivity contribution in [2.45, 2.75) is 64.9 Å². The van der Waals surface area contributed by atoms with Crippen LogP contribution in [0.25, 0.3) is 0 Å². The Bertz CT molecular complexity index is 1600. The van der Waals surface area contributed by atoms with E-state index < -0.39 is 28.9 Å². The third-order valence-electron chi connectivity index (χ3n) is 8.24. The van der Waals surface area contributed by atoms with Crippen LogP contribution in [0.1, 0.15) is 68.2 Å². The maximum Gasteiger partial charge on any atom is 0.337 e. The number of carbonyl (C=O) groups excluding carboxylic acids is 1. The number of hydrogen-bond acceptors (Lipinski definition) is 8. The maximum atomic E-state index is 13.5. The molecular formula is C36H42N4O6. The maximum absolute atomic E-state index is 13.5. The van der Waals surface area contributed by atoms with Crippen LogP contribution in [-0.4, -0.2) is 58.1 Å². The van der Waals surface area contributed by atoms with Crippen molar-refractivity contribution in [3.05, 3.63) is 128 Å². The number of carboxylic acid groups (broad SMARTS) is 1. The van der Waals surface area contributed by atoms with Crippen LogP contribution in [0, 0.1) is 10.1 Å². The molecule has 2 N–H and O–H groups in total. The second kappa shape index (κ2) is 15.9. The Morgan fingerprint density at radius 2 is 1.70 bits per heavy atom. The molecule has 0 radical (unpaired) electrons. The monoisotopic (exact) mass is 626 g/mol. The summed E-state index contributed by atoms with van der Waals surface area (Å²) in [6.07, 6.45) is 7.62. The highest BCUT2D eigenvalue weighted by Crippen LogP contribution is 2.40. The molecule has 242 valence electrons. The molecule has 10 heteroatoms. The van der Waals surface area contributed by atoms with Gasteiger partial charge in [-0.15, -0.1) is 0 Å². The van der Waals surface area contributed by atoms with Gasteiger partial charge in [-0.2, -0.15) is 0 Å². The summed E-state index contributed by atoms with van der Waals surface area (Å²) in [7, 11) is 2.08. The van der Waals surface area contributed by atoms with Crippen molar-refractivity contribution in [1.82, 2.24) is 15.2 Å². The number of nitrogens with zero attached hydrogens (tertiary/aromatic N) is 3. The first-order chi connectivity index (χ1) is 22.0. The number of ether oxygens (including phenoxy) is 1. The number of nitrogens with one attached hydrogen (secondary N) is 1. The minimum atomic E-state index is -1.21. The molecule has 1 aliphatic heterocycles. The number of esters is 1. The summed E-state index contributed by atoms with van der Waals surface area (Å²) >= 11 is 0. The van der Waals surface area contributed by atoms with Crippen molar-refractivity contribution in [3.8, 4) is 0 Å². The third kappa shape index (κ3) is 9.10. The summed E-state index contributed by atoms with van der Waals surface area (Å²) in [4.78, 5) is 43.1. The third-order valence-corrected chi connectivity index (χ3v) is 8.24. The summed E-state index contributed by atoms with van der Waals surface area (Å²) in [6, 6.07) is 18.5. The Kier molecular flexibility index (Phi) is 11.8. The molecule has 2 unspecified atom stereocenters. The van der Waals surface area contributed by atoms with E-state index in [0.29, 0.717) is 23.4 Å². The molecule has 0 saturated heterocycles. The Labute approximate surface area is 270 Å². The number of rotatable bonds is 15. The Hall–Kier alpha value is -4.83. The van der Waals surface area contributed by atoms with E-state index >= 15 is 0 Å². The van der Waals surface area contributed by atoms with Crippen LogP contribution in [0.5, 0.6) is 0 Å². The average Bonchev–Trinajstić information content (AvgIpc) is 3.01. The van der Waals surface area contributed by atoms with Gasteiger partial charge in [-0.25, -0.2) is 9.59 Å². The number of aromatic nitrogens is 1. The van der Waals surface area contributed by atoms with Crippen LogP contribution in [0.4, 0.5) is 5.69 Å². The number of aryl methyl sites for hydroxylation is 1. The highest BCUT2D eigenvalue weighted by atomic mass is 16.6. The number of carbonyl (C=O) groups is 2. The molecule has 0 bridgehead atoms. The SMILES string of the molecule is CC1=C(C(=O)O)C(c2cccc([N+](=O)[O-])c2)C(C(=O)OC(C)CCCN(C)CCCc2ccc(Cc3cccnc3)cc2)=C(C)N1. The van der Waals surface area contributed by atoms with Crippen molar-refractivity contribution in [2.75, 3.05) is 20.1 Å². The fourth-order valence-electron chi connectivity index (χ4n) is 5.88. The number of allylic oxidation sites excluding steroid dienone is 2. The molecule has 0 fully saturated rings. The second-order valence-corrected chi connectivity index (χ2v) is 11.9. The fraction of sp³-hybridized carbons (Fsp3) is 0.361. The lowest BCUT2D eigenvalue weighted by molar-refractivity contribution is -0.384. The fourth-order valence-corrected chi connectivity index (χ4v) is 5.88. The van der Waals surface area contributed by atoms with Crippen molar-refractivity contribution in [2.24, 2.45) is 0 Å². The predicted molar refractivity (Wildman–Crippen MR) is 176 cm³/mol. The van der Waals surface area contributed by atoms with E-state index in [4.69, 9.17) is 4.74 Å². The van der Waals surface area contributed by atoms with Crippen molar-refractivity contribution in [1.29, 1.82) is 0 Å². The molecule has 2 atom stereocenters. The lowest BCUT2D eigenvalue weighted by Crippen LogP contribution is -2.33. The number of carboxylic acids is 1. The van der Waals surface area contributed by atoms with Gasteiger partial charge in [-0.1, -0.05) is 42.5 Å². The number of nitro benzene ring substituents is 1. The van der Waals surface area contributed by atoms with Gasteiger partial charge in [0.05, 0.1) is 28.1 Å². The van der Waals surface area contributed by atoms with Crippen molar-refractivity contribution >= 4 is 17.6 Å². The van der Waals surface area contributed by atoms with E-state index in [1.165, 1.54) is 34.9 Å². The summed E-state index contributed by atoms with van der Waals surface area (Å²) in [5.74, 6) is -2.87. The number of aliphatic carboxylic acids is 1. The predicted octanol–water partition coefficient (Wildman–Crippen LogP) is 6.18. The van der Waals surface area contributed by atoms with Gasteiger partial charge in [-0.05, 0) is 101 Å². The molecule has 0 saturated carbocycles. The zero-order chi connectivity index (χ0) is 33.2. The van der Waals surface area contributed by atoms with Crippen LogP contribution < -0.4 is 5.32 Å². The summed E-state index contributed by atoms with van der Waals surface area (Å²) in [6.45, 7) is 6.90. The molecular weight excluding hydrogens is 584 g/mol. The summed E-state index contributed by atoms with van der Waals surface area (Å²) in [5.41, 5.74) is 4.85. The zero-order valence-electron chi connectivity index (χ0n) is 26.9. The standard InChI is InChI=1S/C36H42N4O6/c1-24(9-7-19-39(4)20-8-11-27-14-16-28(17-15-27)21-29-10-6-18-37-23-29)46-36(43)33-26(3)38-25(2)32(35(41)42)34(33)30-12-5-13-31(22-30)40(44)45/h5-6,10,12-18,22-24,34,38H,7-9,11,19-21H2,1-4H3,(H,41,42). The highest BCUT2D eigenvalue weighted by Gasteiger charge is 2.38. The number of pyridine rings is 1. The molecule has 0 amide bonds. The minimum Gasteiger partial charge on any atom is -0.478 e. The van der Waals surface area contributed by atoms with E-state index in [-0.39, 0.29) is 16.8 Å². The molecule has 46 heavy (non-hydrogen) atoms. The van der Waals surface area contributed by atoms with Crippen LogP contribution >= 0.6 is 0 Å². The summed E-state index contributed by atoms with van der Waals surface area (Å²) < 4.78 is 5.81. The van der Waals surface area contributed by atoms with Gasteiger partial charge < -0.3 is 20.1 Å². The van der Waals surface area contributed by atoms with E-state index in [2.05, 4.69) is 52.6 Å². The van der Waals surface area contributed by atoms with Crippen LogP contribution in [-0.2, 0) is 27.2 Å². The number of benzene rings is 2. The van der Waals surface area contributed by atoms with E-state index in [1.54, 1.807) is 26.1 Å². The van der Waals surface area contributed by atoms with Gasteiger partial charge in [0.2, 0.25) is 0 Å². The smallest absolute Gasteiger partial charge is 0.337 e. The normalized spacial score (nSPS) is 15.5. The molecule has 1 aromatic heterocycles. The quantitative estimate of drug-likeness (QED) is 0.115. The van der Waals surface area contributed by atoms with Crippen LogP contribution in [0.3, 0.4) is 0 Å². The first kappa shape index (κ1) is 34.1. The van der Waals surface area contributed by atoms with Crippen LogP contribution in [0.2, 0.25) is 0 Å². The number of non-ortho nitro benzene ring substituents is 1. The zero-order valence-corrected chi connectivity index (χ0v) is 26.9. The lowest BCUT2D eigenvalue weighted by Gasteiger charge is -2.30. The van der Waals surface area contributed by atoms with Gasteiger partial charge in [-0.3, -0.25) is 15.1 Å². The van der Waals surface area contributed by atoms with Crippen molar-refractivity contribution < 1.29 is 24.4 Å². The molecule has 4 rings (SSSR count). The molecule has 1 aliphatic rings. The molecule has 2 heterocycles. The first-order valence-electron chi connectivity index (χ1n) is 15.6. The Morgan fingerprint density at radius 1 is 1.00 bits per heavy atom. The summed E-state index contributed by atoms with van der Waals surface area (Å²) in [5, 5.41) is 24.4. The van der Waals surface area contributed by atoms with Crippen molar-refractivity contribution in [3.63, 3.8) is 0 Å². The molecule has 0 aliphatic carbocycles. The number of hydrogen-bond donors (Lipinski definition) is 2. The largest absolute Gasteiger partial charge is 0.478 e. The van der Waals surface area contributed by atoms with Gasteiger partial charge in [0.25, 0.3) is 5.69 Å². The number of dihydropyridines is 1. The minimum absolute atomic E-state index is 0.0481. The Balaban J connectivity index is 1.27. The lowest BCUT2D eigenvalue weighted by atomic mass is 9.80. The molecule has 3 aromatic rings. The van der Waals surface area contributed by atoms with E-state index in [9.17, 15) is 24.8 Å².